The van der Waals surface area contributed by atoms with Crippen LogP contribution in [0.1, 0.15) is 38.7 Å². The molecule has 3 unspecified atom stereocenters. The highest BCUT2D eigenvalue weighted by Crippen LogP contribution is 2.36. The predicted molar refractivity (Wildman–Crippen MR) is 76.0 cm³/mol. The van der Waals surface area contributed by atoms with Gasteiger partial charge in [0.15, 0.2) is 0 Å². The Labute approximate surface area is 122 Å². The van der Waals surface area contributed by atoms with Crippen molar-refractivity contribution >= 4 is 17.3 Å². The molecule has 1 fully saturated rings. The Kier molecular flexibility index (Phi) is 4.52. The quantitative estimate of drug-likeness (QED) is 0.750. The lowest BCUT2D eigenvalue weighted by Crippen LogP contribution is -2.33. The van der Waals surface area contributed by atoms with Gasteiger partial charge in [-0.3, -0.25) is 0 Å². The lowest BCUT2D eigenvalue weighted by molar-refractivity contribution is -0.137. The Balaban J connectivity index is 2.16. The van der Waals surface area contributed by atoms with Crippen molar-refractivity contribution in [3.8, 4) is 0 Å². The highest BCUT2D eigenvalue weighted by molar-refractivity contribution is 6.33. The normalized spacial score (nSPS) is 27.4. The van der Waals surface area contributed by atoms with Crippen molar-refractivity contribution in [2.24, 2.45) is 11.8 Å². The number of halogens is 4. The predicted octanol–water partition coefficient (Wildman–Crippen LogP) is 5.60. The molecule has 0 radical (unpaired) electrons. The minimum atomic E-state index is -4.34. The third-order valence-electron chi connectivity index (χ3n) is 4.07. The molecule has 0 saturated heterocycles. The smallest absolute Gasteiger partial charge is 0.381 e. The maximum absolute atomic E-state index is 12.7. The molecule has 3 atom stereocenters. The van der Waals surface area contributed by atoms with E-state index in [4.69, 9.17) is 11.6 Å². The Morgan fingerprint density at radius 1 is 1.20 bits per heavy atom. The van der Waals surface area contributed by atoms with Crippen molar-refractivity contribution in [2.75, 3.05) is 5.32 Å². The molecule has 5 heteroatoms. The SMILES string of the molecule is CC1CCC(Nc2cc(C(F)(F)F)ccc2Cl)C(C)C1. The molecule has 20 heavy (non-hydrogen) atoms. The third kappa shape index (κ3) is 3.60. The van der Waals surface area contributed by atoms with Crippen LogP contribution < -0.4 is 5.32 Å². The highest BCUT2D eigenvalue weighted by Gasteiger charge is 2.32. The minimum absolute atomic E-state index is 0.187. The molecule has 112 valence electrons. The summed E-state index contributed by atoms with van der Waals surface area (Å²) in [4.78, 5) is 0. The number of hydrogen-bond acceptors (Lipinski definition) is 1. The molecule has 0 aromatic heterocycles. The van der Waals surface area contributed by atoms with Gasteiger partial charge in [0.05, 0.1) is 16.3 Å². The van der Waals surface area contributed by atoms with E-state index < -0.39 is 11.7 Å². The lowest BCUT2D eigenvalue weighted by Gasteiger charge is -2.34. The molecule has 0 spiro atoms. The zero-order chi connectivity index (χ0) is 14.9. The van der Waals surface area contributed by atoms with Crippen molar-refractivity contribution in [1.29, 1.82) is 0 Å². The van der Waals surface area contributed by atoms with Gasteiger partial charge < -0.3 is 5.32 Å². The lowest BCUT2D eigenvalue weighted by atomic mass is 9.80. The van der Waals surface area contributed by atoms with Gasteiger partial charge in [0.2, 0.25) is 0 Å². The fourth-order valence-corrected chi connectivity index (χ4v) is 3.06. The molecule has 2 rings (SSSR count). The van der Waals surface area contributed by atoms with E-state index in [1.165, 1.54) is 6.07 Å². The summed E-state index contributed by atoms with van der Waals surface area (Å²) < 4.78 is 38.2. The van der Waals surface area contributed by atoms with Gasteiger partial charge in [-0.15, -0.1) is 0 Å². The van der Waals surface area contributed by atoms with Gasteiger partial charge in [0.1, 0.15) is 0 Å². The topological polar surface area (TPSA) is 12.0 Å². The zero-order valence-electron chi connectivity index (χ0n) is 11.6. The molecular weight excluding hydrogens is 287 g/mol. The van der Waals surface area contributed by atoms with Crippen LogP contribution in [0.3, 0.4) is 0 Å². The summed E-state index contributed by atoms with van der Waals surface area (Å²) in [5, 5.41) is 3.54. The Bertz CT molecular complexity index is 473. The van der Waals surface area contributed by atoms with Crippen LogP contribution in [-0.4, -0.2) is 6.04 Å². The fraction of sp³-hybridized carbons (Fsp3) is 0.600. The first-order valence-electron chi connectivity index (χ1n) is 6.90. The van der Waals surface area contributed by atoms with Gasteiger partial charge in [-0.25, -0.2) is 0 Å². The van der Waals surface area contributed by atoms with Crippen LogP contribution in [-0.2, 0) is 6.18 Å². The van der Waals surface area contributed by atoms with Crippen LogP contribution in [0.15, 0.2) is 18.2 Å². The molecule has 0 heterocycles. The van der Waals surface area contributed by atoms with Gasteiger partial charge in [0.25, 0.3) is 0 Å². The van der Waals surface area contributed by atoms with Crippen LogP contribution in [0.4, 0.5) is 18.9 Å². The molecule has 0 aliphatic heterocycles. The van der Waals surface area contributed by atoms with E-state index in [2.05, 4.69) is 19.2 Å². The summed E-state index contributed by atoms with van der Waals surface area (Å²) in [6.07, 6.45) is -1.19. The maximum Gasteiger partial charge on any atom is 0.416 e. The van der Waals surface area contributed by atoms with Gasteiger partial charge in [0, 0.05) is 6.04 Å². The number of anilines is 1. The van der Waals surface area contributed by atoms with Crippen molar-refractivity contribution in [3.63, 3.8) is 0 Å². The molecule has 1 aromatic rings. The van der Waals surface area contributed by atoms with E-state index in [-0.39, 0.29) is 6.04 Å². The molecular formula is C15H19ClF3N. The highest BCUT2D eigenvalue weighted by atomic mass is 35.5. The summed E-state index contributed by atoms with van der Waals surface area (Å²) in [5.74, 6) is 1.12. The molecule has 0 bridgehead atoms. The summed E-state index contributed by atoms with van der Waals surface area (Å²) in [6, 6.07) is 3.61. The second-order valence-electron chi connectivity index (χ2n) is 5.84. The van der Waals surface area contributed by atoms with Crippen molar-refractivity contribution in [2.45, 2.75) is 45.3 Å². The van der Waals surface area contributed by atoms with E-state index in [1.807, 2.05) is 0 Å². The van der Waals surface area contributed by atoms with E-state index in [9.17, 15) is 13.2 Å². The number of hydrogen-bond donors (Lipinski definition) is 1. The Hall–Kier alpha value is -0.900. The Morgan fingerprint density at radius 2 is 1.90 bits per heavy atom. The maximum atomic E-state index is 12.7. The van der Waals surface area contributed by atoms with Crippen LogP contribution >= 0.6 is 11.6 Å². The fourth-order valence-electron chi connectivity index (χ4n) is 2.89. The van der Waals surface area contributed by atoms with E-state index in [0.29, 0.717) is 22.5 Å². The van der Waals surface area contributed by atoms with Crippen LogP contribution in [0.5, 0.6) is 0 Å². The molecule has 1 nitrogen and oxygen atoms in total. The van der Waals surface area contributed by atoms with Crippen LogP contribution in [0.2, 0.25) is 5.02 Å². The van der Waals surface area contributed by atoms with Gasteiger partial charge >= 0.3 is 6.18 Å². The van der Waals surface area contributed by atoms with E-state index in [0.717, 1.165) is 31.4 Å². The summed E-state index contributed by atoms with van der Waals surface area (Å²) in [6.45, 7) is 4.35. The molecule has 0 amide bonds. The van der Waals surface area contributed by atoms with Gasteiger partial charge in [-0.1, -0.05) is 25.4 Å². The van der Waals surface area contributed by atoms with E-state index in [1.54, 1.807) is 0 Å². The standard InChI is InChI=1S/C15H19ClF3N/c1-9-3-6-13(10(2)7-9)20-14-8-11(15(17,18)19)4-5-12(14)16/h4-5,8-10,13,20H,3,6-7H2,1-2H3. The first-order chi connectivity index (χ1) is 9.27. The second kappa shape index (κ2) is 5.84. The van der Waals surface area contributed by atoms with Crippen LogP contribution in [0, 0.1) is 11.8 Å². The van der Waals surface area contributed by atoms with Crippen molar-refractivity contribution in [3.05, 3.63) is 28.8 Å². The molecule has 1 aliphatic rings. The van der Waals surface area contributed by atoms with Gasteiger partial charge in [-0.05, 0) is 49.3 Å². The average Bonchev–Trinajstić information content (AvgIpc) is 2.33. The second-order valence-corrected chi connectivity index (χ2v) is 6.25. The number of nitrogens with one attached hydrogen (secondary N) is 1. The Morgan fingerprint density at radius 3 is 2.50 bits per heavy atom. The van der Waals surface area contributed by atoms with Crippen LogP contribution in [0.25, 0.3) is 0 Å². The molecule has 1 saturated carbocycles. The summed E-state index contributed by atoms with van der Waals surface area (Å²) in [5.41, 5.74) is -0.283. The average molecular weight is 306 g/mol. The molecule has 1 aliphatic carbocycles. The summed E-state index contributed by atoms with van der Waals surface area (Å²) in [7, 11) is 0. The number of rotatable bonds is 2. The number of benzene rings is 1. The van der Waals surface area contributed by atoms with Crippen molar-refractivity contribution < 1.29 is 13.2 Å². The zero-order valence-corrected chi connectivity index (χ0v) is 12.4. The minimum Gasteiger partial charge on any atom is -0.381 e. The number of alkyl halides is 3. The molecule has 1 aromatic carbocycles. The first-order valence-corrected chi connectivity index (χ1v) is 7.28. The summed E-state index contributed by atoms with van der Waals surface area (Å²) >= 11 is 6.01. The first kappa shape index (κ1) is 15.5. The third-order valence-corrected chi connectivity index (χ3v) is 4.40. The van der Waals surface area contributed by atoms with E-state index >= 15 is 0 Å². The monoisotopic (exact) mass is 305 g/mol. The van der Waals surface area contributed by atoms with Gasteiger partial charge in [-0.2, -0.15) is 13.2 Å². The molecule has 1 N–H and O–H groups in total. The van der Waals surface area contributed by atoms with Crippen molar-refractivity contribution in [1.82, 2.24) is 0 Å². The largest absolute Gasteiger partial charge is 0.416 e.